The van der Waals surface area contributed by atoms with Gasteiger partial charge in [-0.05, 0) is 24.3 Å². The highest BCUT2D eigenvalue weighted by Gasteiger charge is 2.01. The first-order valence-corrected chi connectivity index (χ1v) is 8.93. The normalized spacial score (nSPS) is 14.2. The molecule has 2 nitrogen and oxygen atoms in total. The van der Waals surface area contributed by atoms with Gasteiger partial charge in [-0.15, -0.1) is 0 Å². The molecule has 0 aliphatic carbocycles. The fraction of sp³-hybridized carbons (Fsp3) is 0.125. The van der Waals surface area contributed by atoms with Crippen LogP contribution in [0.15, 0.2) is 82.6 Å². The molecule has 20 heavy (non-hydrogen) atoms. The largest absolute Gasteiger partial charge is 0.254 e. The van der Waals surface area contributed by atoms with Crippen LogP contribution in [-0.4, -0.2) is 19.9 Å². The Morgan fingerprint density at radius 3 is 1.35 bits per heavy atom. The monoisotopic (exact) mass is 304 g/mol. The Balaban J connectivity index is 1.83. The minimum absolute atomic E-state index is 0.454. The van der Waals surface area contributed by atoms with Crippen LogP contribution in [0.4, 0.5) is 0 Å². The Bertz CT molecular complexity index is 551. The van der Waals surface area contributed by atoms with Crippen LogP contribution < -0.4 is 0 Å². The molecule has 4 heteroatoms. The maximum atomic E-state index is 11.9. The van der Waals surface area contributed by atoms with Gasteiger partial charge in [0.25, 0.3) is 0 Å². The Labute approximate surface area is 124 Å². The van der Waals surface area contributed by atoms with Crippen molar-refractivity contribution in [2.45, 2.75) is 9.79 Å². The van der Waals surface area contributed by atoms with E-state index in [0.717, 1.165) is 9.79 Å². The molecule has 0 aliphatic heterocycles. The van der Waals surface area contributed by atoms with Gasteiger partial charge >= 0.3 is 0 Å². The minimum atomic E-state index is -1.03. The zero-order chi connectivity index (χ0) is 14.2. The molecule has 0 N–H and O–H groups in total. The topological polar surface area (TPSA) is 34.1 Å². The summed E-state index contributed by atoms with van der Waals surface area (Å²) in [6.07, 6.45) is 3.67. The molecule has 2 atom stereocenters. The third kappa shape index (κ3) is 4.54. The van der Waals surface area contributed by atoms with Gasteiger partial charge in [0.15, 0.2) is 0 Å². The summed E-state index contributed by atoms with van der Waals surface area (Å²) in [6.45, 7) is 0. The van der Waals surface area contributed by atoms with Gasteiger partial charge in [0.1, 0.15) is 0 Å². The molecule has 0 amide bonds. The zero-order valence-electron chi connectivity index (χ0n) is 11.0. The lowest BCUT2D eigenvalue weighted by atomic mass is 10.4. The van der Waals surface area contributed by atoms with Gasteiger partial charge in [0, 0.05) is 21.3 Å². The summed E-state index contributed by atoms with van der Waals surface area (Å²) >= 11 is 0. The Morgan fingerprint density at radius 1 is 0.650 bits per heavy atom. The molecule has 0 unspecified atom stereocenters. The molecular weight excluding hydrogens is 288 g/mol. The second kappa shape index (κ2) is 7.92. The van der Waals surface area contributed by atoms with Crippen molar-refractivity contribution in [1.82, 2.24) is 0 Å². The van der Waals surface area contributed by atoms with Gasteiger partial charge in [-0.3, -0.25) is 8.42 Å². The van der Waals surface area contributed by atoms with E-state index in [1.165, 1.54) is 0 Å². The lowest BCUT2D eigenvalue weighted by molar-refractivity contribution is 0.683. The number of hydrogen-bond acceptors (Lipinski definition) is 2. The summed E-state index contributed by atoms with van der Waals surface area (Å²) < 4.78 is 23.9. The SMILES string of the molecule is O=[S@](C/C=C\C[S@](=O)c1ccccc1)c1ccccc1. The minimum Gasteiger partial charge on any atom is -0.254 e. The highest BCUT2D eigenvalue weighted by Crippen LogP contribution is 2.07. The van der Waals surface area contributed by atoms with Crippen molar-refractivity contribution in [3.8, 4) is 0 Å². The van der Waals surface area contributed by atoms with E-state index in [1.54, 1.807) is 0 Å². The van der Waals surface area contributed by atoms with Crippen molar-refractivity contribution in [1.29, 1.82) is 0 Å². The summed E-state index contributed by atoms with van der Waals surface area (Å²) in [4.78, 5) is 1.64. The van der Waals surface area contributed by atoms with Gasteiger partial charge < -0.3 is 0 Å². The predicted molar refractivity (Wildman–Crippen MR) is 84.6 cm³/mol. The smallest absolute Gasteiger partial charge is 0.0567 e. The summed E-state index contributed by atoms with van der Waals surface area (Å²) in [6, 6.07) is 18.7. The molecule has 0 heterocycles. The second-order valence-electron chi connectivity index (χ2n) is 4.12. The zero-order valence-corrected chi connectivity index (χ0v) is 12.6. The predicted octanol–water partition coefficient (Wildman–Crippen LogP) is 3.16. The van der Waals surface area contributed by atoms with Gasteiger partial charge in [-0.1, -0.05) is 48.6 Å². The van der Waals surface area contributed by atoms with Crippen molar-refractivity contribution in [3.63, 3.8) is 0 Å². The van der Waals surface area contributed by atoms with E-state index < -0.39 is 21.6 Å². The summed E-state index contributed by atoms with van der Waals surface area (Å²) in [7, 11) is -2.06. The quantitative estimate of drug-likeness (QED) is 0.768. The van der Waals surface area contributed by atoms with Crippen LogP contribution in [0.2, 0.25) is 0 Å². The first-order valence-electron chi connectivity index (χ1n) is 6.29. The summed E-state index contributed by atoms with van der Waals surface area (Å²) in [5, 5.41) is 0. The maximum Gasteiger partial charge on any atom is 0.0567 e. The fourth-order valence-electron chi connectivity index (χ4n) is 1.65. The standard InChI is InChI=1S/C16H16O2S2/c17-19(15-9-3-1-4-10-15)13-7-8-14-20(18)16-11-5-2-6-12-16/h1-12H,13-14H2/b8-7-/t19-,20+. The van der Waals surface area contributed by atoms with Crippen LogP contribution in [0.5, 0.6) is 0 Å². The van der Waals surface area contributed by atoms with Crippen LogP contribution in [0.25, 0.3) is 0 Å². The highest BCUT2D eigenvalue weighted by atomic mass is 32.2. The number of benzene rings is 2. The molecule has 104 valence electrons. The molecule has 2 aromatic carbocycles. The Kier molecular flexibility index (Phi) is 5.89. The molecule has 2 aromatic rings. The van der Waals surface area contributed by atoms with E-state index in [9.17, 15) is 8.42 Å². The molecule has 2 rings (SSSR count). The van der Waals surface area contributed by atoms with Crippen LogP contribution in [0.3, 0.4) is 0 Å². The fourth-order valence-corrected chi connectivity index (χ4v) is 3.58. The molecule has 0 saturated carbocycles. The first kappa shape index (κ1) is 14.9. The molecule has 0 spiro atoms. The van der Waals surface area contributed by atoms with E-state index in [0.29, 0.717) is 11.5 Å². The van der Waals surface area contributed by atoms with E-state index in [4.69, 9.17) is 0 Å². The average Bonchev–Trinajstić information content (AvgIpc) is 2.53. The van der Waals surface area contributed by atoms with Gasteiger partial charge in [0.2, 0.25) is 0 Å². The summed E-state index contributed by atoms with van der Waals surface area (Å²) in [5.74, 6) is 0.909. The Morgan fingerprint density at radius 2 is 1.00 bits per heavy atom. The van der Waals surface area contributed by atoms with Gasteiger partial charge in [-0.2, -0.15) is 0 Å². The molecule has 0 bridgehead atoms. The van der Waals surface area contributed by atoms with Crippen molar-refractivity contribution in [2.75, 3.05) is 11.5 Å². The van der Waals surface area contributed by atoms with Crippen LogP contribution >= 0.6 is 0 Å². The second-order valence-corrected chi connectivity index (χ2v) is 7.11. The van der Waals surface area contributed by atoms with Gasteiger partial charge in [0.05, 0.1) is 21.6 Å². The van der Waals surface area contributed by atoms with E-state index in [-0.39, 0.29) is 0 Å². The molecular formula is C16H16O2S2. The van der Waals surface area contributed by atoms with Crippen LogP contribution in [0.1, 0.15) is 0 Å². The van der Waals surface area contributed by atoms with E-state index >= 15 is 0 Å². The molecule has 0 aromatic heterocycles. The van der Waals surface area contributed by atoms with Gasteiger partial charge in [-0.25, -0.2) is 0 Å². The average molecular weight is 304 g/mol. The number of rotatable bonds is 6. The van der Waals surface area contributed by atoms with Crippen molar-refractivity contribution >= 4 is 21.6 Å². The molecule has 0 saturated heterocycles. The molecule has 0 aliphatic rings. The number of hydrogen-bond donors (Lipinski definition) is 0. The Hall–Kier alpha value is -1.52. The lowest BCUT2D eigenvalue weighted by Gasteiger charge is -1.99. The van der Waals surface area contributed by atoms with Crippen molar-refractivity contribution in [3.05, 3.63) is 72.8 Å². The third-order valence-electron chi connectivity index (χ3n) is 2.67. The van der Waals surface area contributed by atoms with E-state index in [1.807, 2.05) is 72.8 Å². The van der Waals surface area contributed by atoms with Crippen LogP contribution in [0, 0.1) is 0 Å². The first-order chi connectivity index (χ1) is 9.77. The highest BCUT2D eigenvalue weighted by molar-refractivity contribution is 7.85. The maximum absolute atomic E-state index is 11.9. The summed E-state index contributed by atoms with van der Waals surface area (Å²) in [5.41, 5.74) is 0. The van der Waals surface area contributed by atoms with Crippen molar-refractivity contribution < 1.29 is 8.42 Å². The van der Waals surface area contributed by atoms with Crippen molar-refractivity contribution in [2.24, 2.45) is 0 Å². The molecule has 0 fully saturated rings. The molecule has 0 radical (unpaired) electrons. The third-order valence-corrected chi connectivity index (χ3v) is 5.26. The van der Waals surface area contributed by atoms with E-state index in [2.05, 4.69) is 0 Å². The lowest BCUT2D eigenvalue weighted by Crippen LogP contribution is -1.97. The van der Waals surface area contributed by atoms with Crippen LogP contribution in [-0.2, 0) is 21.6 Å².